The number of rotatable bonds is 5. The van der Waals surface area contributed by atoms with Gasteiger partial charge in [-0.2, -0.15) is 4.99 Å². The molecule has 1 aromatic heterocycles. The number of fused-ring (bicyclic) bond motifs is 1. The topological polar surface area (TPSA) is 104 Å². The standard InChI is InChI=1S/C24H27N5O3S2/c30-20(14-19-22(32)28-24(34-19)29-11-4-1-5-12-29)25-16-8-6-7-15(13-16)21(31)27-23-26-17-9-2-3-10-18(17)33-23/h6-8,13,19H,1-5,9-12,14H2,(H,25,30)(H,26,27,31)/t19-/m0/s1. The molecule has 1 atom stereocenters. The Morgan fingerprint density at radius 1 is 1.06 bits per heavy atom. The van der Waals surface area contributed by atoms with Gasteiger partial charge in [-0.1, -0.05) is 17.8 Å². The van der Waals surface area contributed by atoms with Gasteiger partial charge in [-0.25, -0.2) is 4.98 Å². The molecule has 0 spiro atoms. The van der Waals surface area contributed by atoms with E-state index in [9.17, 15) is 14.4 Å². The van der Waals surface area contributed by atoms with Crippen molar-refractivity contribution < 1.29 is 14.4 Å². The molecule has 0 unspecified atom stereocenters. The zero-order valence-corrected chi connectivity index (χ0v) is 20.5. The Labute approximate surface area is 206 Å². The third kappa shape index (κ3) is 5.33. The molecule has 10 heteroatoms. The van der Waals surface area contributed by atoms with Gasteiger partial charge in [-0.05, 0) is 63.1 Å². The summed E-state index contributed by atoms with van der Waals surface area (Å²) in [5.41, 5.74) is 2.05. The van der Waals surface area contributed by atoms with Crippen LogP contribution < -0.4 is 10.6 Å². The average molecular weight is 498 g/mol. The summed E-state index contributed by atoms with van der Waals surface area (Å²) in [6, 6.07) is 6.80. The Bertz CT molecular complexity index is 1120. The number of likely N-dealkylation sites (tertiary alicyclic amines) is 1. The fraction of sp³-hybridized carbons (Fsp3) is 0.458. The second-order valence-electron chi connectivity index (χ2n) is 8.77. The molecule has 178 valence electrons. The molecule has 3 aliphatic rings. The van der Waals surface area contributed by atoms with Crippen molar-refractivity contribution in [3.8, 4) is 0 Å². The number of aromatic nitrogens is 1. The zero-order chi connectivity index (χ0) is 23.5. The van der Waals surface area contributed by atoms with E-state index in [-0.39, 0.29) is 24.1 Å². The van der Waals surface area contributed by atoms with Crippen molar-refractivity contribution in [2.75, 3.05) is 23.7 Å². The van der Waals surface area contributed by atoms with Crippen LogP contribution in [-0.2, 0) is 22.4 Å². The molecular weight excluding hydrogens is 470 g/mol. The Kier molecular flexibility index (Phi) is 6.96. The monoisotopic (exact) mass is 497 g/mol. The second-order valence-corrected chi connectivity index (χ2v) is 11.0. The Balaban J connectivity index is 1.16. The van der Waals surface area contributed by atoms with E-state index in [0.717, 1.165) is 56.1 Å². The second kappa shape index (κ2) is 10.3. The predicted octanol–water partition coefficient (Wildman–Crippen LogP) is 4.09. The largest absolute Gasteiger partial charge is 0.351 e. The zero-order valence-electron chi connectivity index (χ0n) is 18.8. The van der Waals surface area contributed by atoms with Gasteiger partial charge in [0.1, 0.15) is 5.25 Å². The molecule has 0 radical (unpaired) electrons. The SMILES string of the molecule is O=C(C[C@@H]1SC(N2CCCCC2)=NC1=O)Nc1cccc(C(=O)Nc2nc3c(s2)CCCC3)c1. The van der Waals surface area contributed by atoms with E-state index in [1.165, 1.54) is 29.5 Å². The van der Waals surface area contributed by atoms with Crippen molar-refractivity contribution in [2.24, 2.45) is 4.99 Å². The molecule has 2 aliphatic heterocycles. The lowest BCUT2D eigenvalue weighted by molar-refractivity contribution is -0.121. The van der Waals surface area contributed by atoms with E-state index >= 15 is 0 Å². The highest BCUT2D eigenvalue weighted by molar-refractivity contribution is 8.15. The lowest BCUT2D eigenvalue weighted by Gasteiger charge is -2.27. The van der Waals surface area contributed by atoms with Crippen molar-refractivity contribution in [1.29, 1.82) is 0 Å². The lowest BCUT2D eigenvalue weighted by atomic mass is 10.0. The van der Waals surface area contributed by atoms with E-state index in [1.807, 2.05) is 0 Å². The fourth-order valence-corrected chi connectivity index (χ4v) is 6.58. The van der Waals surface area contributed by atoms with Crippen LogP contribution in [-0.4, -0.2) is 51.1 Å². The molecule has 34 heavy (non-hydrogen) atoms. The van der Waals surface area contributed by atoms with Gasteiger partial charge in [0.25, 0.3) is 11.8 Å². The first-order valence-corrected chi connectivity index (χ1v) is 13.5. The fourth-order valence-electron chi connectivity index (χ4n) is 4.42. The Hall–Kier alpha value is -2.72. The van der Waals surface area contributed by atoms with Crippen LogP contribution in [0.5, 0.6) is 0 Å². The first kappa shape index (κ1) is 23.0. The van der Waals surface area contributed by atoms with Gasteiger partial charge in [0.05, 0.1) is 5.69 Å². The van der Waals surface area contributed by atoms with Crippen molar-refractivity contribution in [1.82, 2.24) is 9.88 Å². The highest BCUT2D eigenvalue weighted by atomic mass is 32.2. The predicted molar refractivity (Wildman–Crippen MR) is 136 cm³/mol. The molecule has 3 heterocycles. The van der Waals surface area contributed by atoms with Crippen molar-refractivity contribution >= 4 is 56.8 Å². The number of nitrogens with one attached hydrogen (secondary N) is 2. The molecule has 2 aromatic rings. The molecule has 2 N–H and O–H groups in total. The van der Waals surface area contributed by atoms with Crippen LogP contribution in [0.15, 0.2) is 29.3 Å². The third-order valence-corrected chi connectivity index (χ3v) is 8.49. The first-order valence-electron chi connectivity index (χ1n) is 11.8. The number of hydrogen-bond donors (Lipinski definition) is 2. The smallest absolute Gasteiger partial charge is 0.262 e. The number of piperidine rings is 1. The Morgan fingerprint density at radius 3 is 2.71 bits per heavy atom. The maximum Gasteiger partial charge on any atom is 0.262 e. The van der Waals surface area contributed by atoms with Gasteiger partial charge in [0.2, 0.25) is 5.91 Å². The molecular formula is C24H27N5O3S2. The molecule has 0 saturated carbocycles. The van der Waals surface area contributed by atoms with E-state index in [4.69, 9.17) is 0 Å². The number of amidine groups is 1. The maximum absolute atomic E-state index is 12.7. The van der Waals surface area contributed by atoms with Gasteiger partial charge in [0, 0.05) is 35.6 Å². The number of nitrogens with zero attached hydrogens (tertiary/aromatic N) is 3. The van der Waals surface area contributed by atoms with Gasteiger partial charge >= 0.3 is 0 Å². The number of benzene rings is 1. The summed E-state index contributed by atoms with van der Waals surface area (Å²) < 4.78 is 0. The normalized spacial score (nSPS) is 20.0. The van der Waals surface area contributed by atoms with Crippen LogP contribution in [0, 0.1) is 0 Å². The third-order valence-electron chi connectivity index (χ3n) is 6.20. The van der Waals surface area contributed by atoms with Crippen LogP contribution in [0.1, 0.15) is 59.5 Å². The summed E-state index contributed by atoms with van der Waals surface area (Å²) in [6.07, 6.45) is 7.76. The molecule has 1 saturated heterocycles. The summed E-state index contributed by atoms with van der Waals surface area (Å²) >= 11 is 2.92. The van der Waals surface area contributed by atoms with Crippen molar-refractivity contribution in [3.05, 3.63) is 40.4 Å². The number of thioether (sulfide) groups is 1. The van der Waals surface area contributed by atoms with Gasteiger partial charge in [0.15, 0.2) is 10.3 Å². The summed E-state index contributed by atoms with van der Waals surface area (Å²) in [6.45, 7) is 1.83. The van der Waals surface area contributed by atoms with Crippen LogP contribution in [0.4, 0.5) is 10.8 Å². The summed E-state index contributed by atoms with van der Waals surface area (Å²) in [4.78, 5) is 49.9. The van der Waals surface area contributed by atoms with Crippen LogP contribution >= 0.6 is 23.1 Å². The van der Waals surface area contributed by atoms with E-state index in [0.29, 0.717) is 16.4 Å². The minimum Gasteiger partial charge on any atom is -0.351 e. The molecule has 3 amide bonds. The number of aliphatic imine (C=N–C) groups is 1. The molecule has 1 fully saturated rings. The number of thiazole rings is 1. The Morgan fingerprint density at radius 2 is 1.88 bits per heavy atom. The minimum absolute atomic E-state index is 0.0471. The highest BCUT2D eigenvalue weighted by Crippen LogP contribution is 2.31. The highest BCUT2D eigenvalue weighted by Gasteiger charge is 2.33. The number of carbonyl (C=O) groups excluding carboxylic acids is 3. The average Bonchev–Trinajstić information content (AvgIpc) is 3.42. The summed E-state index contributed by atoms with van der Waals surface area (Å²) in [7, 11) is 0. The molecule has 1 aromatic carbocycles. The van der Waals surface area contributed by atoms with Crippen LogP contribution in [0.2, 0.25) is 0 Å². The van der Waals surface area contributed by atoms with E-state index < -0.39 is 5.25 Å². The number of carbonyl (C=O) groups is 3. The molecule has 1 aliphatic carbocycles. The first-order chi connectivity index (χ1) is 16.5. The van der Waals surface area contributed by atoms with E-state index in [2.05, 4.69) is 25.5 Å². The van der Waals surface area contributed by atoms with Crippen LogP contribution in [0.25, 0.3) is 0 Å². The van der Waals surface area contributed by atoms with Gasteiger partial charge in [-0.15, -0.1) is 11.3 Å². The van der Waals surface area contributed by atoms with Crippen molar-refractivity contribution in [2.45, 2.75) is 56.6 Å². The number of aryl methyl sites for hydroxylation is 2. The van der Waals surface area contributed by atoms with Crippen molar-refractivity contribution in [3.63, 3.8) is 0 Å². The molecule has 0 bridgehead atoms. The van der Waals surface area contributed by atoms with Crippen LogP contribution in [0.3, 0.4) is 0 Å². The minimum atomic E-state index is -0.501. The number of hydrogen-bond acceptors (Lipinski definition) is 7. The van der Waals surface area contributed by atoms with E-state index in [1.54, 1.807) is 35.6 Å². The summed E-state index contributed by atoms with van der Waals surface area (Å²) in [5.74, 6) is -0.783. The quantitative estimate of drug-likeness (QED) is 0.645. The molecule has 8 nitrogen and oxygen atoms in total. The maximum atomic E-state index is 12.7. The number of amides is 3. The summed E-state index contributed by atoms with van der Waals surface area (Å²) in [5, 5.41) is 6.56. The molecule has 5 rings (SSSR count). The number of anilines is 2. The van der Waals surface area contributed by atoms with Gasteiger partial charge < -0.3 is 10.2 Å². The van der Waals surface area contributed by atoms with Gasteiger partial charge in [-0.3, -0.25) is 19.7 Å². The lowest BCUT2D eigenvalue weighted by Crippen LogP contribution is -2.33.